The first-order valence-electron chi connectivity index (χ1n) is 7.95. The molecule has 1 aromatic heterocycles. The van der Waals surface area contributed by atoms with Crippen LogP contribution in [-0.4, -0.2) is 26.8 Å². The lowest BCUT2D eigenvalue weighted by Gasteiger charge is -2.10. The monoisotopic (exact) mass is 466 g/mol. The predicted octanol–water partition coefficient (Wildman–Crippen LogP) is 3.99. The lowest BCUT2D eigenvalue weighted by atomic mass is 10.1. The zero-order valence-corrected chi connectivity index (χ0v) is 16.0. The van der Waals surface area contributed by atoms with Crippen molar-refractivity contribution in [3.8, 4) is 17.1 Å². The van der Waals surface area contributed by atoms with Crippen molar-refractivity contribution in [3.63, 3.8) is 0 Å². The first-order valence-corrected chi connectivity index (χ1v) is 8.71. The van der Waals surface area contributed by atoms with Crippen LogP contribution in [0.3, 0.4) is 0 Å². The molecule has 2 aromatic carbocycles. The SMILES string of the molecule is O=C(NCc1cc(-c2nn(-c3ccc(F)c(Cl)c3)c(=O)[nH]2)c(Cl)cc1F)C(F)(F)F. The van der Waals surface area contributed by atoms with Crippen LogP contribution in [0.4, 0.5) is 22.0 Å². The molecule has 0 radical (unpaired) electrons. The number of halogens is 7. The topological polar surface area (TPSA) is 79.8 Å². The van der Waals surface area contributed by atoms with Crippen molar-refractivity contribution in [2.24, 2.45) is 0 Å². The highest BCUT2D eigenvalue weighted by Gasteiger charge is 2.38. The molecule has 0 aliphatic carbocycles. The highest BCUT2D eigenvalue weighted by Crippen LogP contribution is 2.28. The van der Waals surface area contributed by atoms with E-state index >= 15 is 0 Å². The molecule has 0 aliphatic heterocycles. The second-order valence-electron chi connectivity index (χ2n) is 5.89. The number of carbonyl (C=O) groups is 1. The fraction of sp³-hybridized carbons (Fsp3) is 0.118. The maximum absolute atomic E-state index is 14.1. The Kier molecular flexibility index (Phi) is 5.86. The van der Waals surface area contributed by atoms with Crippen molar-refractivity contribution in [2.45, 2.75) is 12.7 Å². The molecule has 1 amide bonds. The minimum absolute atomic E-state index is 0.0154. The molecule has 13 heteroatoms. The molecule has 0 unspecified atom stereocenters. The van der Waals surface area contributed by atoms with Crippen molar-refractivity contribution in [1.29, 1.82) is 0 Å². The summed E-state index contributed by atoms with van der Waals surface area (Å²) in [7, 11) is 0. The summed E-state index contributed by atoms with van der Waals surface area (Å²) < 4.78 is 65.2. The van der Waals surface area contributed by atoms with E-state index in [1.54, 1.807) is 0 Å². The lowest BCUT2D eigenvalue weighted by Crippen LogP contribution is -2.36. The fourth-order valence-electron chi connectivity index (χ4n) is 2.42. The van der Waals surface area contributed by atoms with Gasteiger partial charge < -0.3 is 5.32 Å². The number of rotatable bonds is 4. The summed E-state index contributed by atoms with van der Waals surface area (Å²) in [6, 6.07) is 5.24. The number of nitrogens with zero attached hydrogens (tertiary/aromatic N) is 2. The van der Waals surface area contributed by atoms with Crippen molar-refractivity contribution in [2.75, 3.05) is 0 Å². The largest absolute Gasteiger partial charge is 0.471 e. The molecule has 30 heavy (non-hydrogen) atoms. The van der Waals surface area contributed by atoms with Gasteiger partial charge in [-0.15, -0.1) is 5.10 Å². The van der Waals surface area contributed by atoms with Crippen LogP contribution in [0.15, 0.2) is 35.1 Å². The summed E-state index contributed by atoms with van der Waals surface area (Å²) >= 11 is 11.7. The van der Waals surface area contributed by atoms with Crippen LogP contribution < -0.4 is 11.0 Å². The first kappa shape index (κ1) is 21.8. The molecule has 0 spiro atoms. The summed E-state index contributed by atoms with van der Waals surface area (Å²) in [4.78, 5) is 25.5. The number of aromatic amines is 1. The van der Waals surface area contributed by atoms with Gasteiger partial charge in [0.25, 0.3) is 0 Å². The van der Waals surface area contributed by atoms with Crippen LogP contribution in [0.5, 0.6) is 0 Å². The smallest absolute Gasteiger partial charge is 0.344 e. The minimum atomic E-state index is -5.13. The van der Waals surface area contributed by atoms with Gasteiger partial charge in [0.05, 0.1) is 15.7 Å². The molecule has 0 atom stereocenters. The number of benzene rings is 2. The molecule has 0 aliphatic rings. The Bertz CT molecular complexity index is 1190. The molecule has 3 rings (SSSR count). The Morgan fingerprint density at radius 3 is 2.43 bits per heavy atom. The third-order valence-corrected chi connectivity index (χ3v) is 4.46. The standard InChI is InChI=1S/C17H9Cl2F5N4O2/c18-10-5-13(21)7(6-25-15(29)17(22,23)24)3-9(10)14-26-16(30)28(27-14)8-1-2-12(20)11(19)4-8/h1-5H,6H2,(H,25,29)(H,26,27,30). The number of carbonyl (C=O) groups excluding carboxylic acids is 1. The summed E-state index contributed by atoms with van der Waals surface area (Å²) in [5, 5.41) is 5.06. The van der Waals surface area contributed by atoms with Crippen molar-refractivity contribution >= 4 is 29.1 Å². The molecular formula is C17H9Cl2F5N4O2. The van der Waals surface area contributed by atoms with Gasteiger partial charge in [-0.3, -0.25) is 9.78 Å². The van der Waals surface area contributed by atoms with Gasteiger partial charge in [0.15, 0.2) is 5.82 Å². The molecule has 0 saturated carbocycles. The maximum Gasteiger partial charge on any atom is 0.471 e. The third kappa shape index (κ3) is 4.46. The molecular weight excluding hydrogens is 458 g/mol. The highest BCUT2D eigenvalue weighted by molar-refractivity contribution is 6.33. The van der Waals surface area contributed by atoms with Gasteiger partial charge in [-0.25, -0.2) is 13.6 Å². The number of nitrogens with one attached hydrogen (secondary N) is 2. The Hall–Kier alpha value is -2.92. The second kappa shape index (κ2) is 8.07. The van der Waals surface area contributed by atoms with Crippen LogP contribution in [0.1, 0.15) is 5.56 Å². The minimum Gasteiger partial charge on any atom is -0.344 e. The average Bonchev–Trinajstić information content (AvgIpc) is 3.03. The number of hydrogen-bond donors (Lipinski definition) is 2. The van der Waals surface area contributed by atoms with Gasteiger partial charge >= 0.3 is 17.8 Å². The molecule has 3 aromatic rings. The molecule has 1 heterocycles. The first-order chi connectivity index (χ1) is 14.0. The van der Waals surface area contributed by atoms with Crippen LogP contribution in [0.2, 0.25) is 10.0 Å². The number of H-pyrrole nitrogens is 1. The molecule has 0 fully saturated rings. The van der Waals surface area contributed by atoms with E-state index in [1.165, 1.54) is 11.4 Å². The zero-order chi connectivity index (χ0) is 22.2. The molecule has 6 nitrogen and oxygen atoms in total. The predicted molar refractivity (Wildman–Crippen MR) is 97.5 cm³/mol. The maximum atomic E-state index is 14.1. The summed E-state index contributed by atoms with van der Waals surface area (Å²) in [5.41, 5.74) is -0.990. The molecule has 2 N–H and O–H groups in total. The van der Waals surface area contributed by atoms with E-state index in [9.17, 15) is 31.5 Å². The normalized spacial score (nSPS) is 11.6. The Morgan fingerprint density at radius 2 is 1.80 bits per heavy atom. The van der Waals surface area contributed by atoms with Gasteiger partial charge in [-0.1, -0.05) is 23.2 Å². The molecule has 0 saturated heterocycles. The number of hydrogen-bond acceptors (Lipinski definition) is 3. The third-order valence-electron chi connectivity index (χ3n) is 3.85. The van der Waals surface area contributed by atoms with Crippen LogP contribution in [0.25, 0.3) is 17.1 Å². The van der Waals surface area contributed by atoms with Gasteiger partial charge in [0.2, 0.25) is 0 Å². The quantitative estimate of drug-likeness (QED) is 0.570. The lowest BCUT2D eigenvalue weighted by molar-refractivity contribution is -0.173. The highest BCUT2D eigenvalue weighted by atomic mass is 35.5. The summed E-state index contributed by atoms with van der Waals surface area (Å²) in [6.07, 6.45) is -5.13. The molecule has 0 bridgehead atoms. The zero-order valence-electron chi connectivity index (χ0n) is 14.5. The van der Waals surface area contributed by atoms with Gasteiger partial charge in [0.1, 0.15) is 11.6 Å². The van der Waals surface area contributed by atoms with Crippen molar-refractivity contribution in [3.05, 3.63) is 68.1 Å². The van der Waals surface area contributed by atoms with Crippen molar-refractivity contribution < 1.29 is 26.7 Å². The van der Waals surface area contributed by atoms with Gasteiger partial charge in [-0.2, -0.15) is 17.9 Å². The van der Waals surface area contributed by atoms with Crippen molar-refractivity contribution in [1.82, 2.24) is 20.1 Å². The van der Waals surface area contributed by atoms with Gasteiger partial charge in [-0.05, 0) is 30.3 Å². The van der Waals surface area contributed by atoms with E-state index in [-0.39, 0.29) is 32.7 Å². The average molecular weight is 467 g/mol. The van der Waals surface area contributed by atoms with E-state index in [2.05, 4.69) is 10.1 Å². The van der Waals surface area contributed by atoms with E-state index in [0.29, 0.717) is 0 Å². The molecule has 158 valence electrons. The fourth-order valence-corrected chi connectivity index (χ4v) is 2.84. The Morgan fingerprint density at radius 1 is 1.10 bits per heavy atom. The Labute approximate surface area is 174 Å². The van der Waals surface area contributed by atoms with E-state index in [0.717, 1.165) is 28.9 Å². The van der Waals surface area contributed by atoms with E-state index in [1.807, 2.05) is 0 Å². The summed E-state index contributed by atoms with van der Waals surface area (Å²) in [5.74, 6) is -4.08. The number of aromatic nitrogens is 3. The van der Waals surface area contributed by atoms with Crippen LogP contribution in [0, 0.1) is 11.6 Å². The van der Waals surface area contributed by atoms with Gasteiger partial charge in [0, 0.05) is 17.7 Å². The summed E-state index contributed by atoms with van der Waals surface area (Å²) in [6.45, 7) is -0.785. The van der Waals surface area contributed by atoms with E-state index < -0.39 is 36.0 Å². The number of amides is 1. The van der Waals surface area contributed by atoms with E-state index in [4.69, 9.17) is 23.2 Å². The van der Waals surface area contributed by atoms with Crippen LogP contribution in [-0.2, 0) is 11.3 Å². The van der Waals surface area contributed by atoms with Crippen LogP contribution >= 0.6 is 23.2 Å². The Balaban J connectivity index is 1.97. The number of alkyl halides is 3. The second-order valence-corrected chi connectivity index (χ2v) is 6.71.